The lowest BCUT2D eigenvalue weighted by Gasteiger charge is -2.18. The predicted molar refractivity (Wildman–Crippen MR) is 72.4 cm³/mol. The van der Waals surface area contributed by atoms with Crippen molar-refractivity contribution >= 4 is 15.9 Å². The van der Waals surface area contributed by atoms with Crippen molar-refractivity contribution in [3.8, 4) is 0 Å². The van der Waals surface area contributed by atoms with Crippen LogP contribution in [0.3, 0.4) is 0 Å². The van der Waals surface area contributed by atoms with Crippen LogP contribution in [0.2, 0.25) is 0 Å². The number of nitrogens with one attached hydrogen (secondary N) is 1. The van der Waals surface area contributed by atoms with Gasteiger partial charge in [-0.05, 0) is 27.6 Å². The average Bonchev–Trinajstić information content (AvgIpc) is 3.07. The third kappa shape index (κ3) is 2.99. The van der Waals surface area contributed by atoms with E-state index in [1.54, 1.807) is 12.4 Å². The first-order chi connectivity index (χ1) is 9.33. The number of ether oxygens (including phenoxy) is 1. The van der Waals surface area contributed by atoms with Gasteiger partial charge in [-0.25, -0.2) is 4.68 Å². The fourth-order valence-electron chi connectivity index (χ4n) is 2.19. The summed E-state index contributed by atoms with van der Waals surface area (Å²) in [5.74, 6) is 0. The molecule has 0 unspecified atom stereocenters. The van der Waals surface area contributed by atoms with Crippen LogP contribution in [0.1, 0.15) is 11.6 Å². The van der Waals surface area contributed by atoms with Crippen LogP contribution in [-0.2, 0) is 11.3 Å². The van der Waals surface area contributed by atoms with Gasteiger partial charge in [-0.15, -0.1) is 5.10 Å². The fourth-order valence-corrected chi connectivity index (χ4v) is 2.61. The van der Waals surface area contributed by atoms with Gasteiger partial charge in [0.1, 0.15) is 0 Å². The first-order valence-corrected chi connectivity index (χ1v) is 6.88. The SMILES string of the molecule is Brc1cncc(CN[C@H]2COC[C@H]2n2ccnn2)c1. The van der Waals surface area contributed by atoms with Crippen molar-refractivity contribution in [3.05, 3.63) is 40.9 Å². The van der Waals surface area contributed by atoms with Crippen LogP contribution < -0.4 is 5.32 Å². The molecule has 0 saturated carbocycles. The van der Waals surface area contributed by atoms with E-state index in [-0.39, 0.29) is 12.1 Å². The lowest BCUT2D eigenvalue weighted by atomic mass is 10.1. The van der Waals surface area contributed by atoms with E-state index in [2.05, 4.69) is 42.6 Å². The lowest BCUT2D eigenvalue weighted by Crippen LogP contribution is -2.36. The molecule has 0 radical (unpaired) electrons. The van der Waals surface area contributed by atoms with E-state index in [0.29, 0.717) is 13.2 Å². The highest BCUT2D eigenvalue weighted by Crippen LogP contribution is 2.19. The van der Waals surface area contributed by atoms with Crippen LogP contribution in [0.5, 0.6) is 0 Å². The molecule has 1 N–H and O–H groups in total. The summed E-state index contributed by atoms with van der Waals surface area (Å²) in [6.07, 6.45) is 7.20. The Labute approximate surface area is 119 Å². The molecular formula is C12H14BrN5O. The monoisotopic (exact) mass is 323 g/mol. The van der Waals surface area contributed by atoms with Crippen molar-refractivity contribution in [2.75, 3.05) is 13.2 Å². The van der Waals surface area contributed by atoms with Gasteiger partial charge >= 0.3 is 0 Å². The zero-order valence-corrected chi connectivity index (χ0v) is 11.8. The summed E-state index contributed by atoms with van der Waals surface area (Å²) in [6.45, 7) is 2.11. The first kappa shape index (κ1) is 12.7. The number of hydrogen-bond donors (Lipinski definition) is 1. The van der Waals surface area contributed by atoms with Gasteiger partial charge in [0.05, 0.1) is 31.5 Å². The van der Waals surface area contributed by atoms with Crippen molar-refractivity contribution in [1.29, 1.82) is 0 Å². The molecule has 100 valence electrons. The van der Waals surface area contributed by atoms with Crippen LogP contribution in [0, 0.1) is 0 Å². The van der Waals surface area contributed by atoms with E-state index >= 15 is 0 Å². The Balaban J connectivity index is 1.63. The van der Waals surface area contributed by atoms with Crippen LogP contribution in [0.15, 0.2) is 35.3 Å². The van der Waals surface area contributed by atoms with Crippen LogP contribution in [0.25, 0.3) is 0 Å². The van der Waals surface area contributed by atoms with Crippen molar-refractivity contribution in [1.82, 2.24) is 25.3 Å². The second-order valence-electron chi connectivity index (χ2n) is 4.49. The molecule has 1 aliphatic heterocycles. The van der Waals surface area contributed by atoms with Crippen molar-refractivity contribution < 1.29 is 4.74 Å². The standard InChI is InChI=1S/C12H14BrN5O/c13-10-3-9(4-14-6-10)5-15-11-7-19-8-12(11)18-2-1-16-17-18/h1-4,6,11-12,15H,5,7-8H2/t11-,12+/m0/s1. The summed E-state index contributed by atoms with van der Waals surface area (Å²) in [5.41, 5.74) is 1.14. The molecule has 0 aliphatic carbocycles. The molecule has 1 saturated heterocycles. The highest BCUT2D eigenvalue weighted by Gasteiger charge is 2.29. The van der Waals surface area contributed by atoms with Gasteiger partial charge in [-0.1, -0.05) is 5.21 Å². The van der Waals surface area contributed by atoms with E-state index < -0.39 is 0 Å². The minimum atomic E-state index is 0.197. The molecule has 0 amide bonds. The van der Waals surface area contributed by atoms with Gasteiger partial charge in [-0.2, -0.15) is 0 Å². The van der Waals surface area contributed by atoms with Gasteiger partial charge in [0.2, 0.25) is 0 Å². The topological polar surface area (TPSA) is 64.9 Å². The van der Waals surface area contributed by atoms with Crippen LogP contribution in [-0.4, -0.2) is 39.2 Å². The Morgan fingerprint density at radius 3 is 3.16 bits per heavy atom. The Bertz CT molecular complexity index is 533. The molecule has 2 atom stereocenters. The largest absolute Gasteiger partial charge is 0.377 e. The third-order valence-electron chi connectivity index (χ3n) is 3.16. The van der Waals surface area contributed by atoms with Crippen LogP contribution in [0.4, 0.5) is 0 Å². The van der Waals surface area contributed by atoms with E-state index in [0.717, 1.165) is 16.6 Å². The molecular weight excluding hydrogens is 310 g/mol. The summed E-state index contributed by atoms with van der Waals surface area (Å²) in [6, 6.07) is 2.49. The summed E-state index contributed by atoms with van der Waals surface area (Å²) in [4.78, 5) is 4.15. The average molecular weight is 324 g/mol. The summed E-state index contributed by atoms with van der Waals surface area (Å²) < 4.78 is 8.37. The first-order valence-electron chi connectivity index (χ1n) is 6.09. The molecule has 7 heteroatoms. The van der Waals surface area contributed by atoms with E-state index in [9.17, 15) is 0 Å². The summed E-state index contributed by atoms with van der Waals surface area (Å²) in [7, 11) is 0. The molecule has 0 spiro atoms. The molecule has 6 nitrogen and oxygen atoms in total. The minimum absolute atomic E-state index is 0.197. The van der Waals surface area contributed by atoms with Crippen molar-refractivity contribution in [2.45, 2.75) is 18.6 Å². The number of rotatable bonds is 4. The van der Waals surface area contributed by atoms with Crippen molar-refractivity contribution in [3.63, 3.8) is 0 Å². The molecule has 1 fully saturated rings. The van der Waals surface area contributed by atoms with Crippen LogP contribution >= 0.6 is 15.9 Å². The van der Waals surface area contributed by atoms with E-state index in [4.69, 9.17) is 4.74 Å². The van der Waals surface area contributed by atoms with Gasteiger partial charge in [0.15, 0.2) is 0 Å². The zero-order valence-electron chi connectivity index (χ0n) is 10.2. The molecule has 3 rings (SSSR count). The smallest absolute Gasteiger partial charge is 0.0945 e. The lowest BCUT2D eigenvalue weighted by molar-refractivity contribution is 0.181. The van der Waals surface area contributed by atoms with Gasteiger partial charge < -0.3 is 10.1 Å². The van der Waals surface area contributed by atoms with Crippen molar-refractivity contribution in [2.24, 2.45) is 0 Å². The minimum Gasteiger partial charge on any atom is -0.377 e. The van der Waals surface area contributed by atoms with E-state index in [1.807, 2.05) is 17.1 Å². The number of halogens is 1. The normalized spacial score (nSPS) is 22.8. The van der Waals surface area contributed by atoms with Gasteiger partial charge in [-0.3, -0.25) is 4.98 Å². The third-order valence-corrected chi connectivity index (χ3v) is 3.59. The molecule has 2 aromatic heterocycles. The molecule has 2 aromatic rings. The van der Waals surface area contributed by atoms with E-state index in [1.165, 1.54) is 0 Å². The predicted octanol–water partition coefficient (Wildman–Crippen LogP) is 1.17. The van der Waals surface area contributed by atoms with Gasteiger partial charge in [0.25, 0.3) is 0 Å². The highest BCUT2D eigenvalue weighted by molar-refractivity contribution is 9.10. The summed E-state index contributed by atoms with van der Waals surface area (Å²) >= 11 is 3.42. The fraction of sp³-hybridized carbons (Fsp3) is 0.417. The molecule has 1 aliphatic rings. The maximum absolute atomic E-state index is 5.53. The second kappa shape index (κ2) is 5.77. The second-order valence-corrected chi connectivity index (χ2v) is 5.40. The number of nitrogens with zero attached hydrogens (tertiary/aromatic N) is 4. The Morgan fingerprint density at radius 1 is 1.42 bits per heavy atom. The Morgan fingerprint density at radius 2 is 2.37 bits per heavy atom. The zero-order chi connectivity index (χ0) is 13.1. The maximum atomic E-state index is 5.53. The maximum Gasteiger partial charge on any atom is 0.0945 e. The molecule has 0 bridgehead atoms. The Hall–Kier alpha value is -1.31. The number of pyridine rings is 1. The molecule has 0 aromatic carbocycles. The quantitative estimate of drug-likeness (QED) is 0.914. The number of aromatic nitrogens is 4. The highest BCUT2D eigenvalue weighted by atomic mass is 79.9. The van der Waals surface area contributed by atoms with Gasteiger partial charge in [0, 0.05) is 29.6 Å². The number of hydrogen-bond acceptors (Lipinski definition) is 5. The molecule has 3 heterocycles. The molecule has 19 heavy (non-hydrogen) atoms. The summed E-state index contributed by atoms with van der Waals surface area (Å²) in [5, 5.41) is 11.4. The Kier molecular flexibility index (Phi) is 3.86.